The molecule has 0 bridgehead atoms. The smallest absolute Gasteiger partial charge is 0.124 e. The molecule has 1 aromatic heterocycles. The molecule has 1 aliphatic rings. The van der Waals surface area contributed by atoms with E-state index in [0.717, 1.165) is 65.4 Å². The summed E-state index contributed by atoms with van der Waals surface area (Å²) in [7, 11) is 0. The molecule has 4 nitrogen and oxygen atoms in total. The lowest BCUT2D eigenvalue weighted by atomic mass is 10.1. The van der Waals surface area contributed by atoms with E-state index in [1.165, 1.54) is 4.88 Å². The molecule has 0 N–H and O–H groups in total. The van der Waals surface area contributed by atoms with Gasteiger partial charge in [-0.25, -0.2) is 4.98 Å². The number of hydrogen-bond acceptors (Lipinski definition) is 5. The number of morpholine rings is 1. The van der Waals surface area contributed by atoms with Crippen LogP contribution >= 0.6 is 22.9 Å². The van der Waals surface area contributed by atoms with Crippen LogP contribution in [-0.4, -0.2) is 49.3 Å². The van der Waals surface area contributed by atoms with Crippen LogP contribution in [0.3, 0.4) is 0 Å². The van der Waals surface area contributed by atoms with Gasteiger partial charge in [0.05, 0.1) is 18.9 Å². The van der Waals surface area contributed by atoms with Gasteiger partial charge in [-0.1, -0.05) is 23.7 Å². The number of rotatable bonds is 6. The second kappa shape index (κ2) is 9.05. The first-order chi connectivity index (χ1) is 13.7. The number of hydrogen-bond donors (Lipinski definition) is 0. The van der Waals surface area contributed by atoms with Crippen molar-refractivity contribution >= 4 is 22.9 Å². The molecule has 2 aromatic carbocycles. The summed E-state index contributed by atoms with van der Waals surface area (Å²) in [4.78, 5) is 8.42. The third kappa shape index (κ3) is 4.73. The molecule has 4 rings (SSSR count). The van der Waals surface area contributed by atoms with Crippen molar-refractivity contribution in [2.75, 3.05) is 39.5 Å². The molecule has 0 saturated carbocycles. The average molecular weight is 415 g/mol. The second-order valence-corrected chi connectivity index (χ2v) is 8.40. The normalized spacial score (nSPS) is 14.9. The molecule has 0 atom stereocenters. The predicted molar refractivity (Wildman–Crippen MR) is 115 cm³/mol. The van der Waals surface area contributed by atoms with Crippen molar-refractivity contribution in [1.29, 1.82) is 0 Å². The van der Waals surface area contributed by atoms with Crippen molar-refractivity contribution < 1.29 is 9.47 Å². The summed E-state index contributed by atoms with van der Waals surface area (Å²) in [5.41, 5.74) is 3.22. The largest absolute Gasteiger partial charge is 0.492 e. The monoisotopic (exact) mass is 414 g/mol. The summed E-state index contributed by atoms with van der Waals surface area (Å²) >= 11 is 7.69. The number of aryl methyl sites for hydroxylation is 1. The summed E-state index contributed by atoms with van der Waals surface area (Å²) in [6.45, 7) is 7.35. The Labute approximate surface area is 174 Å². The van der Waals surface area contributed by atoms with Gasteiger partial charge in [-0.2, -0.15) is 0 Å². The molecule has 1 fully saturated rings. The quantitative estimate of drug-likeness (QED) is 0.558. The predicted octanol–water partition coefficient (Wildman–Crippen LogP) is 5.15. The number of aromatic nitrogens is 1. The second-order valence-electron chi connectivity index (χ2n) is 6.76. The standard InChI is InChI=1S/C22H23ClN2O2S/c1-16-21(24-22(28-16)18-2-6-19(23)7-3-18)17-4-8-20(9-5-17)27-15-12-25-10-13-26-14-11-25/h2-9H,10-15H2,1H3. The zero-order valence-corrected chi connectivity index (χ0v) is 17.4. The Morgan fingerprint density at radius 1 is 1.04 bits per heavy atom. The van der Waals surface area contributed by atoms with Crippen molar-refractivity contribution in [3.63, 3.8) is 0 Å². The minimum atomic E-state index is 0.690. The molecule has 1 aliphatic heterocycles. The lowest BCUT2D eigenvalue weighted by molar-refractivity contribution is 0.0322. The number of halogens is 1. The Kier molecular flexibility index (Phi) is 6.27. The maximum Gasteiger partial charge on any atom is 0.124 e. The van der Waals surface area contributed by atoms with Crippen LogP contribution in [0.1, 0.15) is 4.88 Å². The van der Waals surface area contributed by atoms with E-state index < -0.39 is 0 Å². The first kappa shape index (κ1) is 19.4. The third-order valence-electron chi connectivity index (χ3n) is 4.80. The molecule has 0 spiro atoms. The SMILES string of the molecule is Cc1sc(-c2ccc(Cl)cc2)nc1-c1ccc(OCCN2CCOCC2)cc1. The van der Waals surface area contributed by atoms with Crippen molar-refractivity contribution in [1.82, 2.24) is 9.88 Å². The van der Waals surface area contributed by atoms with E-state index >= 15 is 0 Å². The van der Waals surface area contributed by atoms with Crippen LogP contribution in [0.5, 0.6) is 5.75 Å². The Hall–Kier alpha value is -1.92. The molecular formula is C22H23ClN2O2S. The van der Waals surface area contributed by atoms with Gasteiger partial charge >= 0.3 is 0 Å². The zero-order valence-electron chi connectivity index (χ0n) is 15.9. The van der Waals surface area contributed by atoms with E-state index in [9.17, 15) is 0 Å². The third-order valence-corrected chi connectivity index (χ3v) is 6.07. The van der Waals surface area contributed by atoms with Crippen LogP contribution in [0.4, 0.5) is 0 Å². The zero-order chi connectivity index (χ0) is 19.3. The maximum atomic E-state index is 5.99. The van der Waals surface area contributed by atoms with Crippen LogP contribution < -0.4 is 4.74 Å². The summed E-state index contributed by atoms with van der Waals surface area (Å²) in [6, 6.07) is 16.0. The molecule has 0 unspecified atom stereocenters. The van der Waals surface area contributed by atoms with Gasteiger partial charge in [0.25, 0.3) is 0 Å². The van der Waals surface area contributed by atoms with Crippen LogP contribution in [0.15, 0.2) is 48.5 Å². The van der Waals surface area contributed by atoms with Gasteiger partial charge in [0.1, 0.15) is 17.4 Å². The van der Waals surface area contributed by atoms with Gasteiger partial charge in [-0.3, -0.25) is 4.90 Å². The Balaban J connectivity index is 1.40. The van der Waals surface area contributed by atoms with Gasteiger partial charge < -0.3 is 9.47 Å². The molecule has 28 heavy (non-hydrogen) atoms. The highest BCUT2D eigenvalue weighted by molar-refractivity contribution is 7.15. The van der Waals surface area contributed by atoms with E-state index in [2.05, 4.69) is 24.0 Å². The summed E-state index contributed by atoms with van der Waals surface area (Å²) in [5.74, 6) is 0.891. The van der Waals surface area contributed by atoms with Gasteiger partial charge in [0.15, 0.2) is 0 Å². The van der Waals surface area contributed by atoms with Crippen molar-refractivity contribution in [3.05, 3.63) is 58.4 Å². The van der Waals surface area contributed by atoms with Gasteiger partial charge in [0.2, 0.25) is 0 Å². The molecule has 6 heteroatoms. The van der Waals surface area contributed by atoms with E-state index in [4.69, 9.17) is 26.1 Å². The first-order valence-electron chi connectivity index (χ1n) is 9.46. The lowest BCUT2D eigenvalue weighted by Gasteiger charge is -2.26. The highest BCUT2D eigenvalue weighted by Crippen LogP contribution is 2.34. The van der Waals surface area contributed by atoms with Crippen LogP contribution in [0, 0.1) is 6.92 Å². The fraction of sp³-hybridized carbons (Fsp3) is 0.318. The van der Waals surface area contributed by atoms with Crippen molar-refractivity contribution in [2.24, 2.45) is 0 Å². The van der Waals surface area contributed by atoms with E-state index in [1.54, 1.807) is 11.3 Å². The summed E-state index contributed by atoms with van der Waals surface area (Å²) in [6.07, 6.45) is 0. The van der Waals surface area contributed by atoms with Crippen molar-refractivity contribution in [3.8, 4) is 27.6 Å². The summed E-state index contributed by atoms with van der Waals surface area (Å²) < 4.78 is 11.3. The molecule has 3 aromatic rings. The lowest BCUT2D eigenvalue weighted by Crippen LogP contribution is -2.38. The Morgan fingerprint density at radius 3 is 2.43 bits per heavy atom. The molecule has 0 amide bonds. The molecular weight excluding hydrogens is 392 g/mol. The summed E-state index contributed by atoms with van der Waals surface area (Å²) in [5, 5.41) is 1.75. The maximum absolute atomic E-state index is 5.99. The fourth-order valence-corrected chi connectivity index (χ4v) is 4.27. The highest BCUT2D eigenvalue weighted by Gasteiger charge is 2.12. The highest BCUT2D eigenvalue weighted by atomic mass is 35.5. The minimum absolute atomic E-state index is 0.690. The molecule has 0 radical (unpaired) electrons. The van der Waals surface area contributed by atoms with E-state index in [1.807, 2.05) is 36.4 Å². The van der Waals surface area contributed by atoms with Gasteiger partial charge in [-0.05, 0) is 43.3 Å². The van der Waals surface area contributed by atoms with Crippen LogP contribution in [0.2, 0.25) is 5.02 Å². The molecule has 0 aliphatic carbocycles. The first-order valence-corrected chi connectivity index (χ1v) is 10.7. The van der Waals surface area contributed by atoms with E-state index in [-0.39, 0.29) is 0 Å². The molecule has 146 valence electrons. The molecule has 1 saturated heterocycles. The average Bonchev–Trinajstić information content (AvgIpc) is 3.11. The number of ether oxygens (including phenoxy) is 2. The van der Waals surface area contributed by atoms with Crippen LogP contribution in [-0.2, 0) is 4.74 Å². The van der Waals surface area contributed by atoms with E-state index in [0.29, 0.717) is 6.61 Å². The Morgan fingerprint density at radius 2 is 1.71 bits per heavy atom. The van der Waals surface area contributed by atoms with Gasteiger partial charge in [0, 0.05) is 40.7 Å². The number of thiazole rings is 1. The molecule has 2 heterocycles. The number of benzene rings is 2. The minimum Gasteiger partial charge on any atom is -0.492 e. The van der Waals surface area contributed by atoms with Crippen LogP contribution in [0.25, 0.3) is 21.8 Å². The fourth-order valence-electron chi connectivity index (χ4n) is 3.21. The topological polar surface area (TPSA) is 34.6 Å². The number of nitrogens with zero attached hydrogens (tertiary/aromatic N) is 2. The van der Waals surface area contributed by atoms with Gasteiger partial charge in [-0.15, -0.1) is 11.3 Å². The Bertz CT molecular complexity index is 903. The van der Waals surface area contributed by atoms with Crippen molar-refractivity contribution in [2.45, 2.75) is 6.92 Å².